The minimum absolute atomic E-state index is 0.121. The summed E-state index contributed by atoms with van der Waals surface area (Å²) in [7, 11) is 3.10. The summed E-state index contributed by atoms with van der Waals surface area (Å²) in [6.07, 6.45) is 2.09. The first-order valence-electron chi connectivity index (χ1n) is 6.49. The second kappa shape index (κ2) is 6.43. The molecule has 104 valence electrons. The summed E-state index contributed by atoms with van der Waals surface area (Å²) < 4.78 is 10.5. The number of ether oxygens (including phenoxy) is 2. The molecular weight excluding hydrogens is 244 g/mol. The highest BCUT2D eigenvalue weighted by atomic mass is 16.5. The maximum absolute atomic E-state index is 12.3. The standard InChI is InChI=1S/C14H20N2O3/c1-18-12-7-3-6-11(13(12)19-2)14(17)16-10-5-4-8-15-9-10/h3,6-7,10,15H,4-5,8-9H2,1-2H3,(H,16,17)/t10-/m0/s1. The zero-order valence-corrected chi connectivity index (χ0v) is 11.4. The smallest absolute Gasteiger partial charge is 0.255 e. The van der Waals surface area contributed by atoms with Crippen molar-refractivity contribution in [3.05, 3.63) is 23.8 Å². The molecule has 0 aliphatic carbocycles. The van der Waals surface area contributed by atoms with Crippen LogP contribution in [0.2, 0.25) is 0 Å². The van der Waals surface area contributed by atoms with E-state index in [0.717, 1.165) is 25.9 Å². The third kappa shape index (κ3) is 3.17. The highest BCUT2D eigenvalue weighted by molar-refractivity contribution is 5.98. The number of carbonyl (C=O) groups excluding carboxylic acids is 1. The maximum Gasteiger partial charge on any atom is 0.255 e. The van der Waals surface area contributed by atoms with Crippen molar-refractivity contribution in [2.45, 2.75) is 18.9 Å². The van der Waals surface area contributed by atoms with Crippen LogP contribution in [-0.4, -0.2) is 39.3 Å². The lowest BCUT2D eigenvalue weighted by atomic mass is 10.1. The van der Waals surface area contributed by atoms with Crippen LogP contribution in [-0.2, 0) is 0 Å². The van der Waals surface area contributed by atoms with Gasteiger partial charge in [0.25, 0.3) is 5.91 Å². The molecule has 1 aromatic rings. The van der Waals surface area contributed by atoms with Gasteiger partial charge >= 0.3 is 0 Å². The Hall–Kier alpha value is -1.75. The highest BCUT2D eigenvalue weighted by Gasteiger charge is 2.20. The average Bonchev–Trinajstić information content (AvgIpc) is 2.47. The summed E-state index contributed by atoms with van der Waals surface area (Å²) in [5, 5.41) is 6.30. The van der Waals surface area contributed by atoms with Gasteiger partial charge in [0.15, 0.2) is 11.5 Å². The number of methoxy groups -OCH3 is 2. The molecule has 5 heteroatoms. The van der Waals surface area contributed by atoms with Crippen LogP contribution in [0.1, 0.15) is 23.2 Å². The molecule has 0 radical (unpaired) electrons. The van der Waals surface area contributed by atoms with E-state index in [-0.39, 0.29) is 11.9 Å². The topological polar surface area (TPSA) is 59.6 Å². The molecule has 1 saturated heterocycles. The fourth-order valence-corrected chi connectivity index (χ4v) is 2.30. The van der Waals surface area contributed by atoms with E-state index in [1.54, 1.807) is 25.3 Å². The number of nitrogens with one attached hydrogen (secondary N) is 2. The van der Waals surface area contributed by atoms with E-state index in [1.165, 1.54) is 7.11 Å². The number of hydrogen-bond acceptors (Lipinski definition) is 4. The summed E-state index contributed by atoms with van der Waals surface area (Å²) in [4.78, 5) is 12.3. The molecule has 1 fully saturated rings. The van der Waals surface area contributed by atoms with Crippen molar-refractivity contribution >= 4 is 5.91 Å². The van der Waals surface area contributed by atoms with Crippen molar-refractivity contribution in [2.75, 3.05) is 27.3 Å². The average molecular weight is 264 g/mol. The molecular formula is C14H20N2O3. The SMILES string of the molecule is COc1cccc(C(=O)N[C@H]2CCCNC2)c1OC. The van der Waals surface area contributed by atoms with Gasteiger partial charge in [-0.15, -0.1) is 0 Å². The van der Waals surface area contributed by atoms with Crippen molar-refractivity contribution in [1.82, 2.24) is 10.6 Å². The third-order valence-corrected chi connectivity index (χ3v) is 3.28. The molecule has 5 nitrogen and oxygen atoms in total. The minimum Gasteiger partial charge on any atom is -0.493 e. The van der Waals surface area contributed by atoms with Gasteiger partial charge in [0.05, 0.1) is 19.8 Å². The van der Waals surface area contributed by atoms with Crippen LogP contribution in [0.3, 0.4) is 0 Å². The fourth-order valence-electron chi connectivity index (χ4n) is 2.30. The molecule has 0 saturated carbocycles. The molecule has 1 amide bonds. The summed E-state index contributed by atoms with van der Waals surface area (Å²) in [6, 6.07) is 5.48. The van der Waals surface area contributed by atoms with E-state index >= 15 is 0 Å². The lowest BCUT2D eigenvalue weighted by Gasteiger charge is -2.24. The molecule has 2 rings (SSSR count). The number of para-hydroxylation sites is 1. The van der Waals surface area contributed by atoms with E-state index in [2.05, 4.69) is 10.6 Å². The molecule has 1 aromatic carbocycles. The lowest BCUT2D eigenvalue weighted by Crippen LogP contribution is -2.45. The lowest BCUT2D eigenvalue weighted by molar-refractivity contribution is 0.0927. The normalized spacial score (nSPS) is 18.7. The first-order chi connectivity index (χ1) is 9.26. The van der Waals surface area contributed by atoms with Crippen LogP contribution in [0.4, 0.5) is 0 Å². The Morgan fingerprint density at radius 1 is 1.37 bits per heavy atom. The van der Waals surface area contributed by atoms with Crippen LogP contribution in [0, 0.1) is 0 Å². The Labute approximate surface area is 113 Å². The highest BCUT2D eigenvalue weighted by Crippen LogP contribution is 2.30. The molecule has 1 atom stereocenters. The number of piperidine rings is 1. The molecule has 0 aromatic heterocycles. The zero-order chi connectivity index (χ0) is 13.7. The summed E-state index contributed by atoms with van der Waals surface area (Å²) in [6.45, 7) is 1.84. The van der Waals surface area contributed by atoms with Crippen LogP contribution < -0.4 is 20.1 Å². The molecule has 19 heavy (non-hydrogen) atoms. The Morgan fingerprint density at radius 2 is 2.21 bits per heavy atom. The first kappa shape index (κ1) is 13.7. The number of benzene rings is 1. The van der Waals surface area contributed by atoms with Crippen molar-refractivity contribution in [3.8, 4) is 11.5 Å². The molecule has 0 bridgehead atoms. The van der Waals surface area contributed by atoms with E-state index < -0.39 is 0 Å². The van der Waals surface area contributed by atoms with Crippen LogP contribution >= 0.6 is 0 Å². The Kier molecular flexibility index (Phi) is 4.63. The Balaban J connectivity index is 2.13. The molecule has 1 aliphatic heterocycles. The second-order valence-electron chi connectivity index (χ2n) is 4.56. The zero-order valence-electron chi connectivity index (χ0n) is 11.4. The molecule has 1 heterocycles. The number of carbonyl (C=O) groups is 1. The Bertz CT molecular complexity index is 442. The molecule has 0 unspecified atom stereocenters. The largest absolute Gasteiger partial charge is 0.493 e. The van der Waals surface area contributed by atoms with Gasteiger partial charge in [0.2, 0.25) is 0 Å². The van der Waals surface area contributed by atoms with Gasteiger partial charge in [-0.25, -0.2) is 0 Å². The van der Waals surface area contributed by atoms with Gasteiger partial charge in [-0.1, -0.05) is 6.07 Å². The van der Waals surface area contributed by atoms with Crippen molar-refractivity contribution in [3.63, 3.8) is 0 Å². The minimum atomic E-state index is -0.121. The summed E-state index contributed by atoms with van der Waals surface area (Å²) in [5.74, 6) is 0.924. The number of rotatable bonds is 4. The van der Waals surface area contributed by atoms with Gasteiger partial charge in [0, 0.05) is 12.6 Å². The molecule has 0 spiro atoms. The van der Waals surface area contributed by atoms with Crippen LogP contribution in [0.25, 0.3) is 0 Å². The summed E-state index contributed by atoms with van der Waals surface area (Å²) >= 11 is 0. The maximum atomic E-state index is 12.3. The van der Waals surface area contributed by atoms with Crippen molar-refractivity contribution < 1.29 is 14.3 Å². The molecule has 1 aliphatic rings. The summed E-state index contributed by atoms with van der Waals surface area (Å²) in [5.41, 5.74) is 0.507. The van der Waals surface area contributed by atoms with E-state index in [0.29, 0.717) is 17.1 Å². The Morgan fingerprint density at radius 3 is 2.84 bits per heavy atom. The number of amides is 1. The van der Waals surface area contributed by atoms with Gasteiger partial charge < -0.3 is 20.1 Å². The van der Waals surface area contributed by atoms with Crippen LogP contribution in [0.15, 0.2) is 18.2 Å². The van der Waals surface area contributed by atoms with Crippen LogP contribution in [0.5, 0.6) is 11.5 Å². The van der Waals surface area contributed by atoms with Gasteiger partial charge in [0.1, 0.15) is 0 Å². The van der Waals surface area contributed by atoms with Crippen molar-refractivity contribution in [1.29, 1.82) is 0 Å². The van der Waals surface area contributed by atoms with Crippen molar-refractivity contribution in [2.24, 2.45) is 0 Å². The quantitative estimate of drug-likeness (QED) is 0.857. The fraction of sp³-hybridized carbons (Fsp3) is 0.500. The predicted octanol–water partition coefficient (Wildman–Crippen LogP) is 1.19. The van der Waals surface area contributed by atoms with E-state index in [1.807, 2.05) is 0 Å². The van der Waals surface area contributed by atoms with Gasteiger partial charge in [-0.05, 0) is 31.5 Å². The monoisotopic (exact) mass is 264 g/mol. The van der Waals surface area contributed by atoms with E-state index in [4.69, 9.17) is 9.47 Å². The van der Waals surface area contributed by atoms with Gasteiger partial charge in [-0.3, -0.25) is 4.79 Å². The van der Waals surface area contributed by atoms with Gasteiger partial charge in [-0.2, -0.15) is 0 Å². The second-order valence-corrected chi connectivity index (χ2v) is 4.56. The molecule has 2 N–H and O–H groups in total. The number of hydrogen-bond donors (Lipinski definition) is 2. The first-order valence-corrected chi connectivity index (χ1v) is 6.49. The predicted molar refractivity (Wildman–Crippen MR) is 72.9 cm³/mol. The third-order valence-electron chi connectivity index (χ3n) is 3.28. The van der Waals surface area contributed by atoms with E-state index in [9.17, 15) is 4.79 Å².